The van der Waals surface area contributed by atoms with E-state index in [0.29, 0.717) is 0 Å². The third kappa shape index (κ3) is 4.07. The van der Waals surface area contributed by atoms with Gasteiger partial charge in [0.05, 0.1) is 0 Å². The van der Waals surface area contributed by atoms with Gasteiger partial charge in [-0.3, -0.25) is 4.79 Å². The van der Waals surface area contributed by atoms with E-state index in [1.807, 2.05) is 29.2 Å². The first-order chi connectivity index (χ1) is 9.20. The van der Waals surface area contributed by atoms with Crippen LogP contribution in [0.25, 0.3) is 0 Å². The van der Waals surface area contributed by atoms with Crippen LogP contribution in [0.3, 0.4) is 0 Å². The van der Waals surface area contributed by atoms with E-state index >= 15 is 0 Å². The molecular weight excluding hydrogens is 302 g/mol. The van der Waals surface area contributed by atoms with Crippen molar-refractivity contribution in [2.24, 2.45) is 5.92 Å². The highest BCUT2D eigenvalue weighted by Crippen LogP contribution is 2.23. The largest absolute Gasteiger partial charge is 0.339 e. The minimum atomic E-state index is 0.179. The van der Waals surface area contributed by atoms with Crippen molar-refractivity contribution >= 4 is 21.8 Å². The Morgan fingerprint density at radius 2 is 2.21 bits per heavy atom. The molecule has 1 unspecified atom stereocenters. The van der Waals surface area contributed by atoms with Crippen LogP contribution in [-0.4, -0.2) is 23.9 Å². The van der Waals surface area contributed by atoms with Crippen molar-refractivity contribution in [1.82, 2.24) is 4.90 Å². The number of hydrogen-bond acceptors (Lipinski definition) is 1. The molecule has 19 heavy (non-hydrogen) atoms. The van der Waals surface area contributed by atoms with Gasteiger partial charge in [-0.1, -0.05) is 41.8 Å². The highest BCUT2D eigenvalue weighted by molar-refractivity contribution is 9.10. The van der Waals surface area contributed by atoms with Crippen LogP contribution in [0, 0.1) is 5.92 Å². The second-order valence-electron chi connectivity index (χ2n) is 5.39. The standard InChI is InChI=1S/C16H22BrNO/c1-2-5-13-6-4-10-18(11-9-13)16(19)14-7-3-8-15(17)12-14/h3,7-8,12-13H,2,4-6,9-11H2,1H3. The zero-order chi connectivity index (χ0) is 13.7. The number of carbonyl (C=O) groups is 1. The molecule has 0 radical (unpaired) electrons. The lowest BCUT2D eigenvalue weighted by molar-refractivity contribution is 0.0760. The van der Waals surface area contributed by atoms with Gasteiger partial charge in [0.25, 0.3) is 5.91 Å². The number of halogens is 1. The molecule has 1 atom stereocenters. The van der Waals surface area contributed by atoms with Crippen LogP contribution >= 0.6 is 15.9 Å². The second kappa shape index (κ2) is 7.09. The molecule has 0 N–H and O–H groups in total. The minimum Gasteiger partial charge on any atom is -0.339 e. The van der Waals surface area contributed by atoms with Gasteiger partial charge >= 0.3 is 0 Å². The predicted molar refractivity (Wildman–Crippen MR) is 82.3 cm³/mol. The normalized spacial score (nSPS) is 20.1. The molecule has 1 aromatic carbocycles. The van der Waals surface area contributed by atoms with Crippen LogP contribution in [0.1, 0.15) is 49.4 Å². The molecular formula is C16H22BrNO. The molecule has 1 aromatic rings. The zero-order valence-electron chi connectivity index (χ0n) is 11.6. The van der Waals surface area contributed by atoms with Crippen molar-refractivity contribution in [3.63, 3.8) is 0 Å². The van der Waals surface area contributed by atoms with Crippen molar-refractivity contribution < 1.29 is 4.79 Å². The van der Waals surface area contributed by atoms with Crippen LogP contribution in [0.4, 0.5) is 0 Å². The van der Waals surface area contributed by atoms with Crippen LogP contribution in [0.2, 0.25) is 0 Å². The van der Waals surface area contributed by atoms with Gasteiger partial charge in [-0.25, -0.2) is 0 Å². The first-order valence-corrected chi connectivity index (χ1v) is 8.05. The van der Waals surface area contributed by atoms with Gasteiger partial charge in [-0.05, 0) is 43.4 Å². The molecule has 0 saturated carbocycles. The second-order valence-corrected chi connectivity index (χ2v) is 6.30. The average Bonchev–Trinajstić information content (AvgIpc) is 2.64. The first kappa shape index (κ1) is 14.6. The van der Waals surface area contributed by atoms with E-state index in [-0.39, 0.29) is 5.91 Å². The molecule has 1 aliphatic heterocycles. The number of amides is 1. The van der Waals surface area contributed by atoms with Gasteiger partial charge in [0.15, 0.2) is 0 Å². The van der Waals surface area contributed by atoms with Gasteiger partial charge in [0, 0.05) is 23.1 Å². The van der Waals surface area contributed by atoms with Gasteiger partial charge in [-0.2, -0.15) is 0 Å². The summed E-state index contributed by atoms with van der Waals surface area (Å²) in [6.07, 6.45) is 6.14. The number of hydrogen-bond donors (Lipinski definition) is 0. The van der Waals surface area contributed by atoms with E-state index in [0.717, 1.165) is 41.9 Å². The Hall–Kier alpha value is -0.830. The van der Waals surface area contributed by atoms with E-state index in [9.17, 15) is 4.79 Å². The van der Waals surface area contributed by atoms with Gasteiger partial charge in [0.2, 0.25) is 0 Å². The van der Waals surface area contributed by atoms with Crippen LogP contribution < -0.4 is 0 Å². The van der Waals surface area contributed by atoms with Crippen molar-refractivity contribution in [1.29, 1.82) is 0 Å². The third-order valence-corrected chi connectivity index (χ3v) is 4.40. The van der Waals surface area contributed by atoms with E-state index in [2.05, 4.69) is 22.9 Å². The zero-order valence-corrected chi connectivity index (χ0v) is 13.2. The SMILES string of the molecule is CCCC1CCCN(C(=O)c2cccc(Br)c2)CC1. The first-order valence-electron chi connectivity index (χ1n) is 7.25. The lowest BCUT2D eigenvalue weighted by atomic mass is 9.96. The van der Waals surface area contributed by atoms with Crippen LogP contribution in [0.15, 0.2) is 28.7 Å². The summed E-state index contributed by atoms with van der Waals surface area (Å²) in [5.74, 6) is 0.990. The van der Waals surface area contributed by atoms with Crippen LogP contribution in [-0.2, 0) is 0 Å². The number of likely N-dealkylation sites (tertiary alicyclic amines) is 1. The summed E-state index contributed by atoms with van der Waals surface area (Å²) in [7, 11) is 0. The molecule has 2 rings (SSSR count). The summed E-state index contributed by atoms with van der Waals surface area (Å²) < 4.78 is 0.969. The summed E-state index contributed by atoms with van der Waals surface area (Å²) in [5, 5.41) is 0. The molecule has 2 nitrogen and oxygen atoms in total. The summed E-state index contributed by atoms with van der Waals surface area (Å²) in [4.78, 5) is 14.5. The van der Waals surface area contributed by atoms with Gasteiger partial charge < -0.3 is 4.90 Å². The molecule has 1 saturated heterocycles. The minimum absolute atomic E-state index is 0.179. The molecule has 0 bridgehead atoms. The number of nitrogens with zero attached hydrogens (tertiary/aromatic N) is 1. The van der Waals surface area contributed by atoms with Crippen molar-refractivity contribution in [2.45, 2.75) is 39.0 Å². The fourth-order valence-corrected chi connectivity index (χ4v) is 3.27. The third-order valence-electron chi connectivity index (χ3n) is 3.90. The summed E-state index contributed by atoms with van der Waals surface area (Å²) in [6, 6.07) is 7.70. The van der Waals surface area contributed by atoms with Crippen molar-refractivity contribution in [3.05, 3.63) is 34.3 Å². The van der Waals surface area contributed by atoms with Crippen molar-refractivity contribution in [3.8, 4) is 0 Å². The maximum atomic E-state index is 12.5. The summed E-state index contributed by atoms with van der Waals surface area (Å²) in [5.41, 5.74) is 0.795. The lowest BCUT2D eigenvalue weighted by Crippen LogP contribution is -2.32. The van der Waals surface area contributed by atoms with Crippen LogP contribution in [0.5, 0.6) is 0 Å². The molecule has 1 amide bonds. The van der Waals surface area contributed by atoms with E-state index < -0.39 is 0 Å². The quantitative estimate of drug-likeness (QED) is 0.802. The summed E-state index contributed by atoms with van der Waals surface area (Å²) in [6.45, 7) is 4.07. The Bertz CT molecular complexity index is 433. The molecule has 0 aliphatic carbocycles. The van der Waals surface area contributed by atoms with Crippen molar-refractivity contribution in [2.75, 3.05) is 13.1 Å². The van der Waals surface area contributed by atoms with Gasteiger partial charge in [0.1, 0.15) is 0 Å². The number of benzene rings is 1. The fourth-order valence-electron chi connectivity index (χ4n) is 2.87. The highest BCUT2D eigenvalue weighted by atomic mass is 79.9. The van der Waals surface area contributed by atoms with E-state index in [1.165, 1.54) is 19.3 Å². The Balaban J connectivity index is 2.00. The molecule has 1 heterocycles. The van der Waals surface area contributed by atoms with E-state index in [4.69, 9.17) is 0 Å². The maximum Gasteiger partial charge on any atom is 0.253 e. The molecule has 0 spiro atoms. The monoisotopic (exact) mass is 323 g/mol. The topological polar surface area (TPSA) is 20.3 Å². The fraction of sp³-hybridized carbons (Fsp3) is 0.562. The molecule has 3 heteroatoms. The molecule has 1 aliphatic rings. The molecule has 104 valence electrons. The van der Waals surface area contributed by atoms with Gasteiger partial charge in [-0.15, -0.1) is 0 Å². The maximum absolute atomic E-state index is 12.5. The Kier molecular flexibility index (Phi) is 5.44. The van der Waals surface area contributed by atoms with E-state index in [1.54, 1.807) is 0 Å². The number of carbonyl (C=O) groups excluding carboxylic acids is 1. The molecule has 1 fully saturated rings. The lowest BCUT2D eigenvalue weighted by Gasteiger charge is -2.20. The average molecular weight is 324 g/mol. The Morgan fingerprint density at radius 1 is 1.37 bits per heavy atom. The smallest absolute Gasteiger partial charge is 0.253 e. The summed E-state index contributed by atoms with van der Waals surface area (Å²) >= 11 is 3.43. The Morgan fingerprint density at radius 3 is 2.95 bits per heavy atom. The highest BCUT2D eigenvalue weighted by Gasteiger charge is 2.21. The number of rotatable bonds is 3. The predicted octanol–water partition coefficient (Wildman–Crippen LogP) is 4.49. The molecule has 0 aromatic heterocycles. The Labute approximate surface area is 124 Å².